The summed E-state index contributed by atoms with van der Waals surface area (Å²) in [6, 6.07) is 2.90. The summed E-state index contributed by atoms with van der Waals surface area (Å²) >= 11 is 0. The predicted molar refractivity (Wildman–Crippen MR) is 93.3 cm³/mol. The molecule has 0 saturated heterocycles. The Morgan fingerprint density at radius 2 is 2.12 bits per heavy atom. The summed E-state index contributed by atoms with van der Waals surface area (Å²) < 4.78 is 34.8. The van der Waals surface area contributed by atoms with Crippen molar-refractivity contribution in [3.8, 4) is 11.4 Å². The van der Waals surface area contributed by atoms with Gasteiger partial charge in [0.1, 0.15) is 10.9 Å². The van der Waals surface area contributed by atoms with E-state index in [9.17, 15) is 8.42 Å². The molecule has 0 aliphatic rings. The molecule has 0 aromatic carbocycles. The van der Waals surface area contributed by atoms with Crippen molar-refractivity contribution >= 4 is 10.0 Å². The van der Waals surface area contributed by atoms with Gasteiger partial charge in [-0.3, -0.25) is 9.67 Å². The quantitative estimate of drug-likeness (QED) is 0.670. The number of hydrogen-bond acceptors (Lipinski definition) is 7. The zero-order chi connectivity index (χ0) is 18.7. The molecule has 10 heteroatoms. The minimum atomic E-state index is -3.77. The van der Waals surface area contributed by atoms with Crippen LogP contribution in [-0.2, 0) is 16.6 Å². The second kappa shape index (κ2) is 7.34. The number of hydrogen-bond donors (Lipinski definition) is 1. The van der Waals surface area contributed by atoms with E-state index in [1.807, 2.05) is 20.8 Å². The largest absolute Gasteiger partial charge is 0.337 e. The molecule has 3 aromatic heterocycles. The number of pyridine rings is 1. The van der Waals surface area contributed by atoms with Crippen LogP contribution in [0.5, 0.6) is 0 Å². The molecule has 3 aromatic rings. The van der Waals surface area contributed by atoms with Crippen LogP contribution in [0.15, 0.2) is 46.3 Å². The zero-order valence-electron chi connectivity index (χ0n) is 14.7. The van der Waals surface area contributed by atoms with E-state index in [0.29, 0.717) is 17.9 Å². The average Bonchev–Trinajstić information content (AvgIpc) is 3.30. The van der Waals surface area contributed by atoms with E-state index in [4.69, 9.17) is 4.52 Å². The molecule has 26 heavy (non-hydrogen) atoms. The van der Waals surface area contributed by atoms with Crippen LogP contribution in [-0.4, -0.2) is 33.3 Å². The van der Waals surface area contributed by atoms with Gasteiger partial charge in [0.25, 0.3) is 0 Å². The molecule has 0 saturated carbocycles. The Balaban J connectivity index is 1.87. The second-order valence-corrected chi connectivity index (χ2v) is 7.79. The minimum Gasteiger partial charge on any atom is -0.337 e. The van der Waals surface area contributed by atoms with E-state index in [2.05, 4.69) is 24.9 Å². The molecule has 0 aliphatic heterocycles. The fourth-order valence-electron chi connectivity index (χ4n) is 2.34. The topological polar surface area (TPSA) is 116 Å². The fraction of sp³-hybridized carbons (Fsp3) is 0.375. The normalized spacial score (nSPS) is 13.2. The number of rotatable bonds is 7. The van der Waals surface area contributed by atoms with Gasteiger partial charge in [0.05, 0.1) is 6.20 Å². The van der Waals surface area contributed by atoms with Gasteiger partial charge in [0.2, 0.25) is 21.7 Å². The maximum Gasteiger partial charge on any atom is 0.245 e. The first kappa shape index (κ1) is 18.2. The molecule has 0 bridgehead atoms. The highest BCUT2D eigenvalue weighted by atomic mass is 32.2. The molecular formula is C16H20N6O3S. The van der Waals surface area contributed by atoms with Crippen molar-refractivity contribution in [3.63, 3.8) is 0 Å². The molecular weight excluding hydrogens is 356 g/mol. The third kappa shape index (κ3) is 3.81. The summed E-state index contributed by atoms with van der Waals surface area (Å²) in [5, 5.41) is 7.94. The Morgan fingerprint density at radius 1 is 1.31 bits per heavy atom. The zero-order valence-corrected chi connectivity index (χ0v) is 15.5. The van der Waals surface area contributed by atoms with E-state index < -0.39 is 16.1 Å². The number of nitrogens with one attached hydrogen (secondary N) is 1. The summed E-state index contributed by atoms with van der Waals surface area (Å²) in [7, 11) is -3.77. The minimum absolute atomic E-state index is 0.0944. The Kier molecular flexibility index (Phi) is 5.14. The van der Waals surface area contributed by atoms with Crippen LogP contribution in [0, 0.1) is 5.92 Å². The van der Waals surface area contributed by atoms with Crippen molar-refractivity contribution in [3.05, 3.63) is 42.8 Å². The first-order valence-electron chi connectivity index (χ1n) is 8.19. The average molecular weight is 376 g/mol. The first-order chi connectivity index (χ1) is 12.4. The summed E-state index contributed by atoms with van der Waals surface area (Å²) in [6.45, 7) is 6.21. The number of nitrogens with zero attached hydrogens (tertiary/aromatic N) is 5. The molecule has 1 unspecified atom stereocenters. The molecule has 3 rings (SSSR count). The van der Waals surface area contributed by atoms with Crippen LogP contribution >= 0.6 is 0 Å². The van der Waals surface area contributed by atoms with Crippen molar-refractivity contribution in [1.82, 2.24) is 29.6 Å². The maximum absolute atomic E-state index is 12.7. The summed E-state index contributed by atoms with van der Waals surface area (Å²) in [5.74, 6) is 0.454. The van der Waals surface area contributed by atoms with Crippen molar-refractivity contribution < 1.29 is 12.9 Å². The lowest BCUT2D eigenvalue weighted by atomic mass is 10.1. The van der Waals surface area contributed by atoms with Crippen molar-refractivity contribution in [2.75, 3.05) is 0 Å². The Bertz CT molecular complexity index is 965. The van der Waals surface area contributed by atoms with Crippen molar-refractivity contribution in [2.45, 2.75) is 38.3 Å². The Hall–Kier alpha value is -2.59. The van der Waals surface area contributed by atoms with Gasteiger partial charge in [-0.1, -0.05) is 19.0 Å². The molecule has 1 N–H and O–H groups in total. The lowest BCUT2D eigenvalue weighted by molar-refractivity contribution is 0.311. The van der Waals surface area contributed by atoms with Crippen LogP contribution in [0.25, 0.3) is 11.4 Å². The first-order valence-corrected chi connectivity index (χ1v) is 9.68. The van der Waals surface area contributed by atoms with Crippen LogP contribution in [0.1, 0.15) is 32.7 Å². The number of aromatic nitrogens is 5. The van der Waals surface area contributed by atoms with Gasteiger partial charge in [0.15, 0.2) is 0 Å². The van der Waals surface area contributed by atoms with Crippen LogP contribution < -0.4 is 4.72 Å². The van der Waals surface area contributed by atoms with Crippen molar-refractivity contribution in [2.24, 2.45) is 5.92 Å². The number of sulfonamides is 1. The third-order valence-corrected chi connectivity index (χ3v) is 5.22. The lowest BCUT2D eigenvalue weighted by Crippen LogP contribution is -2.32. The van der Waals surface area contributed by atoms with Gasteiger partial charge in [-0.25, -0.2) is 8.42 Å². The molecule has 0 spiro atoms. The number of aryl methyl sites for hydroxylation is 1. The molecule has 138 valence electrons. The molecule has 0 amide bonds. The van der Waals surface area contributed by atoms with Crippen LogP contribution in [0.3, 0.4) is 0 Å². The van der Waals surface area contributed by atoms with Gasteiger partial charge >= 0.3 is 0 Å². The van der Waals surface area contributed by atoms with Crippen LogP contribution in [0.4, 0.5) is 0 Å². The lowest BCUT2D eigenvalue weighted by Gasteiger charge is -2.17. The van der Waals surface area contributed by atoms with E-state index in [1.165, 1.54) is 12.4 Å². The van der Waals surface area contributed by atoms with Gasteiger partial charge in [-0.15, -0.1) is 0 Å². The van der Waals surface area contributed by atoms with E-state index >= 15 is 0 Å². The molecule has 0 fully saturated rings. The van der Waals surface area contributed by atoms with Crippen LogP contribution in [0.2, 0.25) is 0 Å². The standard InChI is InChI=1S/C16H20N6O3S/c1-4-22-10-13(9-18-22)26(23,24)21-14(11(2)3)16-19-15(20-25-16)12-6-5-7-17-8-12/h5-11,14,21H,4H2,1-3H3. The maximum atomic E-state index is 12.7. The van der Waals surface area contributed by atoms with E-state index in [1.54, 1.807) is 29.2 Å². The molecule has 1 atom stereocenters. The van der Waals surface area contributed by atoms with Gasteiger partial charge < -0.3 is 4.52 Å². The summed E-state index contributed by atoms with van der Waals surface area (Å²) in [5.41, 5.74) is 0.692. The van der Waals surface area contributed by atoms with Crippen molar-refractivity contribution in [1.29, 1.82) is 0 Å². The summed E-state index contributed by atoms with van der Waals surface area (Å²) in [4.78, 5) is 8.45. The highest BCUT2D eigenvalue weighted by molar-refractivity contribution is 7.89. The third-order valence-electron chi connectivity index (χ3n) is 3.82. The second-order valence-electron chi connectivity index (χ2n) is 6.07. The van der Waals surface area contributed by atoms with Gasteiger partial charge in [-0.2, -0.15) is 14.8 Å². The molecule has 0 radical (unpaired) electrons. The summed E-state index contributed by atoms with van der Waals surface area (Å²) in [6.07, 6.45) is 6.06. The Morgan fingerprint density at radius 3 is 2.73 bits per heavy atom. The SMILES string of the molecule is CCn1cc(S(=O)(=O)NC(c2nc(-c3cccnc3)no2)C(C)C)cn1. The molecule has 9 nitrogen and oxygen atoms in total. The van der Waals surface area contributed by atoms with E-state index in [-0.39, 0.29) is 16.7 Å². The van der Waals surface area contributed by atoms with E-state index in [0.717, 1.165) is 0 Å². The highest BCUT2D eigenvalue weighted by Crippen LogP contribution is 2.25. The highest BCUT2D eigenvalue weighted by Gasteiger charge is 2.29. The molecule has 3 heterocycles. The monoisotopic (exact) mass is 376 g/mol. The van der Waals surface area contributed by atoms with Gasteiger partial charge in [-0.05, 0) is 25.0 Å². The van der Waals surface area contributed by atoms with Gasteiger partial charge in [0, 0.05) is 30.7 Å². The molecule has 0 aliphatic carbocycles. The fourth-order valence-corrected chi connectivity index (χ4v) is 3.63. The predicted octanol–water partition coefficient (Wildman–Crippen LogP) is 2.02. The smallest absolute Gasteiger partial charge is 0.245 e. The Labute approximate surface area is 151 Å².